The molecule has 2 atom stereocenters. The summed E-state index contributed by atoms with van der Waals surface area (Å²) in [6.45, 7) is 0.407. The summed E-state index contributed by atoms with van der Waals surface area (Å²) in [6, 6.07) is 23.1. The molecule has 2 aliphatic rings. The van der Waals surface area contributed by atoms with E-state index in [0.29, 0.717) is 30.5 Å². The summed E-state index contributed by atoms with van der Waals surface area (Å²) < 4.78 is 5.13. The van der Waals surface area contributed by atoms with Crippen molar-refractivity contribution < 1.29 is 14.3 Å². The Morgan fingerprint density at radius 1 is 1.09 bits per heavy atom. The van der Waals surface area contributed by atoms with E-state index in [2.05, 4.69) is 29.6 Å². The number of esters is 1. The fourth-order valence-corrected chi connectivity index (χ4v) is 5.35. The molecule has 170 valence electrons. The number of carbonyl (C=O) groups excluding carboxylic acids is 2. The Morgan fingerprint density at radius 3 is 2.71 bits per heavy atom. The Hall–Kier alpha value is -4.11. The number of ether oxygens (including phenoxy) is 1. The van der Waals surface area contributed by atoms with Gasteiger partial charge in [0.15, 0.2) is 0 Å². The zero-order chi connectivity index (χ0) is 23.7. The number of methoxy groups -OCH3 is 1. The van der Waals surface area contributed by atoms with Crippen molar-refractivity contribution in [3.8, 4) is 6.07 Å². The number of fused-ring (bicyclic) bond motifs is 3. The Bertz CT molecular complexity index is 1350. The summed E-state index contributed by atoms with van der Waals surface area (Å²) in [5, 5.41) is 14.6. The van der Waals surface area contributed by atoms with E-state index in [1.54, 1.807) is 12.1 Å². The van der Waals surface area contributed by atoms with Gasteiger partial charge in [0.25, 0.3) is 0 Å². The van der Waals surface area contributed by atoms with E-state index in [1.165, 1.54) is 7.11 Å². The van der Waals surface area contributed by atoms with E-state index in [9.17, 15) is 14.9 Å². The van der Waals surface area contributed by atoms with Crippen LogP contribution >= 0.6 is 0 Å². The molecule has 5 rings (SSSR count). The Morgan fingerprint density at radius 2 is 1.88 bits per heavy atom. The molecule has 2 heterocycles. The number of amides is 2. The average Bonchev–Trinajstić information content (AvgIpc) is 3.20. The molecule has 6 nitrogen and oxygen atoms in total. The van der Waals surface area contributed by atoms with Crippen molar-refractivity contribution in [2.75, 3.05) is 7.11 Å². The summed E-state index contributed by atoms with van der Waals surface area (Å²) in [6.07, 6.45) is 2.07. The number of nitrogens with one attached hydrogen (secondary N) is 1. The van der Waals surface area contributed by atoms with E-state index in [4.69, 9.17) is 4.74 Å². The van der Waals surface area contributed by atoms with Crippen LogP contribution < -0.4 is 5.32 Å². The van der Waals surface area contributed by atoms with Crippen LogP contribution in [0.15, 0.2) is 72.3 Å². The molecular formula is C28H25N3O3. The first-order chi connectivity index (χ1) is 16.6. The first-order valence-electron chi connectivity index (χ1n) is 11.5. The van der Waals surface area contributed by atoms with Crippen molar-refractivity contribution in [1.29, 1.82) is 5.26 Å². The van der Waals surface area contributed by atoms with E-state index in [-0.39, 0.29) is 18.1 Å². The van der Waals surface area contributed by atoms with Crippen molar-refractivity contribution in [2.24, 2.45) is 0 Å². The Labute approximate surface area is 198 Å². The number of carbonyl (C=O) groups is 2. The lowest BCUT2D eigenvalue weighted by molar-refractivity contribution is -0.136. The number of urea groups is 1. The maximum absolute atomic E-state index is 13.4. The maximum Gasteiger partial charge on any atom is 0.336 e. The predicted molar refractivity (Wildman–Crippen MR) is 130 cm³/mol. The van der Waals surface area contributed by atoms with Crippen LogP contribution in [0, 0.1) is 11.3 Å². The van der Waals surface area contributed by atoms with E-state index in [0.717, 1.165) is 33.9 Å². The summed E-state index contributed by atoms with van der Waals surface area (Å²) >= 11 is 0. The van der Waals surface area contributed by atoms with Gasteiger partial charge in [-0.3, -0.25) is 0 Å². The minimum Gasteiger partial charge on any atom is -0.466 e. The number of benzene rings is 3. The van der Waals surface area contributed by atoms with Crippen LogP contribution in [0.25, 0.3) is 16.3 Å². The van der Waals surface area contributed by atoms with Crippen LogP contribution in [-0.4, -0.2) is 36.1 Å². The van der Waals surface area contributed by atoms with Gasteiger partial charge < -0.3 is 15.0 Å². The molecule has 1 N–H and O–H groups in total. The molecule has 0 saturated carbocycles. The first kappa shape index (κ1) is 21.7. The third-order valence-corrected chi connectivity index (χ3v) is 6.89. The summed E-state index contributed by atoms with van der Waals surface area (Å²) in [5.74, 6) is -0.422. The van der Waals surface area contributed by atoms with Gasteiger partial charge in [-0.1, -0.05) is 54.6 Å². The summed E-state index contributed by atoms with van der Waals surface area (Å²) in [7, 11) is 1.37. The highest BCUT2D eigenvalue weighted by molar-refractivity contribution is 6.01. The molecule has 2 unspecified atom stereocenters. The average molecular weight is 452 g/mol. The van der Waals surface area contributed by atoms with Crippen LogP contribution in [0.1, 0.15) is 36.0 Å². The second kappa shape index (κ2) is 9.03. The van der Waals surface area contributed by atoms with Gasteiger partial charge in [-0.2, -0.15) is 5.26 Å². The fraction of sp³-hybridized carbons (Fsp3) is 0.250. The van der Waals surface area contributed by atoms with Gasteiger partial charge >= 0.3 is 12.0 Å². The molecule has 6 heteroatoms. The van der Waals surface area contributed by atoms with Crippen LogP contribution in [0.3, 0.4) is 0 Å². The van der Waals surface area contributed by atoms with Gasteiger partial charge in [0, 0.05) is 12.6 Å². The van der Waals surface area contributed by atoms with Crippen molar-refractivity contribution in [1.82, 2.24) is 10.2 Å². The highest BCUT2D eigenvalue weighted by Crippen LogP contribution is 2.43. The smallest absolute Gasteiger partial charge is 0.336 e. The molecule has 2 aliphatic heterocycles. The normalized spacial score (nSPS) is 19.1. The van der Waals surface area contributed by atoms with Gasteiger partial charge in [0.2, 0.25) is 0 Å². The predicted octanol–water partition coefficient (Wildman–Crippen LogP) is 4.78. The van der Waals surface area contributed by atoms with Crippen molar-refractivity contribution in [3.05, 3.63) is 89.0 Å². The van der Waals surface area contributed by atoms with E-state index >= 15 is 0 Å². The monoisotopic (exact) mass is 451 g/mol. The third kappa shape index (κ3) is 3.80. The van der Waals surface area contributed by atoms with E-state index < -0.39 is 5.97 Å². The summed E-state index contributed by atoms with van der Waals surface area (Å²) in [5.41, 5.74) is 3.82. The first-order valence-corrected chi connectivity index (χ1v) is 11.5. The number of hydrogen-bond acceptors (Lipinski definition) is 4. The Balaban J connectivity index is 1.43. The number of rotatable bonds is 4. The SMILES string of the molecule is COC(=O)C1=C(c2cccc(C#N)c2)CC2CCC1N2C(=O)NCc1cccc2ccccc12. The zero-order valence-electron chi connectivity index (χ0n) is 19.0. The molecule has 0 aromatic heterocycles. The second-order valence-electron chi connectivity index (χ2n) is 8.73. The molecule has 0 radical (unpaired) electrons. The highest BCUT2D eigenvalue weighted by Gasteiger charge is 2.46. The van der Waals surface area contributed by atoms with Crippen LogP contribution in [0.2, 0.25) is 0 Å². The molecule has 2 amide bonds. The summed E-state index contributed by atoms with van der Waals surface area (Å²) in [4.78, 5) is 28.1. The number of nitrogens with zero attached hydrogens (tertiary/aromatic N) is 2. The minimum absolute atomic E-state index is 0.00772. The lowest BCUT2D eigenvalue weighted by Crippen LogP contribution is -2.50. The molecular weight excluding hydrogens is 426 g/mol. The highest BCUT2D eigenvalue weighted by atomic mass is 16.5. The topological polar surface area (TPSA) is 82.4 Å². The number of hydrogen-bond donors (Lipinski definition) is 1. The molecule has 0 aliphatic carbocycles. The minimum atomic E-state index is -0.422. The molecule has 1 saturated heterocycles. The largest absolute Gasteiger partial charge is 0.466 e. The Kier molecular flexibility index (Phi) is 5.77. The second-order valence-corrected chi connectivity index (χ2v) is 8.73. The van der Waals surface area contributed by atoms with Crippen molar-refractivity contribution >= 4 is 28.3 Å². The van der Waals surface area contributed by atoms with Gasteiger partial charge in [0.1, 0.15) is 0 Å². The van der Waals surface area contributed by atoms with Crippen LogP contribution in [0.5, 0.6) is 0 Å². The lowest BCUT2D eigenvalue weighted by Gasteiger charge is -2.37. The molecule has 2 bridgehead atoms. The molecule has 1 fully saturated rings. The van der Waals surface area contributed by atoms with Gasteiger partial charge in [-0.25, -0.2) is 9.59 Å². The fourth-order valence-electron chi connectivity index (χ4n) is 5.35. The third-order valence-electron chi connectivity index (χ3n) is 6.89. The van der Waals surface area contributed by atoms with Crippen molar-refractivity contribution in [2.45, 2.75) is 37.9 Å². The van der Waals surface area contributed by atoms with Crippen LogP contribution in [0.4, 0.5) is 4.79 Å². The van der Waals surface area contributed by atoms with E-state index in [1.807, 2.05) is 41.3 Å². The molecule has 3 aromatic rings. The zero-order valence-corrected chi connectivity index (χ0v) is 19.0. The van der Waals surface area contributed by atoms with Gasteiger partial charge in [-0.05, 0) is 58.9 Å². The quantitative estimate of drug-likeness (QED) is 0.579. The maximum atomic E-state index is 13.4. The van der Waals surface area contributed by atoms with Crippen LogP contribution in [-0.2, 0) is 16.1 Å². The standard InChI is InChI=1S/C28H25N3O3/c1-34-27(32)26-24(20-9-4-6-18(14-20)16-29)15-22-12-13-25(26)31(22)28(33)30-17-21-10-5-8-19-7-2-3-11-23(19)21/h2-11,14,22,25H,12-13,15,17H2,1H3,(H,30,33). The molecule has 0 spiro atoms. The van der Waals surface area contributed by atoms with Gasteiger partial charge in [-0.15, -0.1) is 0 Å². The number of nitriles is 1. The molecule has 3 aromatic carbocycles. The molecule has 34 heavy (non-hydrogen) atoms. The van der Waals surface area contributed by atoms with Gasteiger partial charge in [0.05, 0.1) is 30.4 Å². The lowest BCUT2D eigenvalue weighted by atomic mass is 9.88. The van der Waals surface area contributed by atoms with Crippen molar-refractivity contribution in [3.63, 3.8) is 0 Å².